The van der Waals surface area contributed by atoms with E-state index in [2.05, 4.69) is 11.1 Å². The lowest BCUT2D eigenvalue weighted by molar-refractivity contribution is -0.137. The first-order valence-electron chi connectivity index (χ1n) is 12.0. The SMILES string of the molecule is Cc1cnccc1-c1cccc(C(CCCC#N)N(CCCC(=O)O)S(=O)(=O)c2cccc(Cl)c2C)c1. The third-order valence-electron chi connectivity index (χ3n) is 6.29. The quantitative estimate of drug-likeness (QED) is 0.270. The Labute approximate surface area is 223 Å². The van der Waals surface area contributed by atoms with E-state index >= 15 is 0 Å². The Kier molecular flexibility index (Phi) is 9.81. The van der Waals surface area contributed by atoms with Crippen LogP contribution in [0.5, 0.6) is 0 Å². The summed E-state index contributed by atoms with van der Waals surface area (Å²) in [7, 11) is -4.06. The van der Waals surface area contributed by atoms with Crippen molar-refractivity contribution >= 4 is 27.6 Å². The first-order valence-corrected chi connectivity index (χ1v) is 13.8. The van der Waals surface area contributed by atoms with Gasteiger partial charge in [-0.1, -0.05) is 35.9 Å². The molecule has 1 aromatic heterocycles. The minimum Gasteiger partial charge on any atom is -0.481 e. The number of rotatable bonds is 12. The second-order valence-corrected chi connectivity index (χ2v) is 11.1. The average Bonchev–Trinajstić information content (AvgIpc) is 2.87. The van der Waals surface area contributed by atoms with Gasteiger partial charge < -0.3 is 5.11 Å². The molecular formula is C28H30ClN3O4S. The van der Waals surface area contributed by atoms with Crippen LogP contribution in [0.25, 0.3) is 11.1 Å². The largest absolute Gasteiger partial charge is 0.481 e. The van der Waals surface area contributed by atoms with Gasteiger partial charge in [0.15, 0.2) is 0 Å². The highest BCUT2D eigenvalue weighted by Crippen LogP contribution is 2.36. The molecule has 194 valence electrons. The van der Waals surface area contributed by atoms with E-state index in [1.54, 1.807) is 31.5 Å². The van der Waals surface area contributed by atoms with Crippen LogP contribution in [-0.2, 0) is 14.8 Å². The number of nitriles is 1. The van der Waals surface area contributed by atoms with Gasteiger partial charge in [-0.2, -0.15) is 9.57 Å². The molecule has 0 aliphatic heterocycles. The van der Waals surface area contributed by atoms with E-state index in [1.807, 2.05) is 37.3 Å². The molecular weight excluding hydrogens is 510 g/mol. The normalized spacial score (nSPS) is 12.3. The zero-order valence-electron chi connectivity index (χ0n) is 20.9. The van der Waals surface area contributed by atoms with Gasteiger partial charge in [0.25, 0.3) is 0 Å². The number of pyridine rings is 1. The van der Waals surface area contributed by atoms with Gasteiger partial charge in [-0.05, 0) is 85.2 Å². The zero-order valence-corrected chi connectivity index (χ0v) is 22.5. The monoisotopic (exact) mass is 539 g/mol. The molecule has 37 heavy (non-hydrogen) atoms. The van der Waals surface area contributed by atoms with Crippen LogP contribution >= 0.6 is 11.6 Å². The predicted molar refractivity (Wildman–Crippen MR) is 144 cm³/mol. The maximum Gasteiger partial charge on any atom is 0.303 e. The molecule has 0 aliphatic rings. The number of aromatic nitrogens is 1. The fraction of sp³-hybridized carbons (Fsp3) is 0.321. The molecule has 0 fully saturated rings. The second kappa shape index (κ2) is 12.8. The first-order chi connectivity index (χ1) is 17.7. The lowest BCUT2D eigenvalue weighted by Gasteiger charge is -2.32. The number of aryl methyl sites for hydroxylation is 1. The van der Waals surface area contributed by atoms with Gasteiger partial charge in [-0.3, -0.25) is 9.78 Å². The molecule has 9 heteroatoms. The molecule has 3 rings (SSSR count). The molecule has 3 aromatic rings. The van der Waals surface area contributed by atoms with Crippen LogP contribution in [0.4, 0.5) is 0 Å². The van der Waals surface area contributed by atoms with Crippen LogP contribution in [0, 0.1) is 25.2 Å². The van der Waals surface area contributed by atoms with Gasteiger partial charge in [0.1, 0.15) is 0 Å². The summed E-state index contributed by atoms with van der Waals surface area (Å²) >= 11 is 6.27. The van der Waals surface area contributed by atoms with E-state index < -0.39 is 22.0 Å². The van der Waals surface area contributed by atoms with Gasteiger partial charge >= 0.3 is 5.97 Å². The fourth-order valence-corrected chi connectivity index (χ4v) is 6.55. The number of hydrogen-bond donors (Lipinski definition) is 1. The average molecular weight is 540 g/mol. The molecule has 7 nitrogen and oxygen atoms in total. The van der Waals surface area contributed by atoms with Crippen molar-refractivity contribution in [2.75, 3.05) is 6.54 Å². The third-order valence-corrected chi connectivity index (χ3v) is 8.75. The number of benzene rings is 2. The number of aliphatic carboxylic acids is 1. The summed E-state index contributed by atoms with van der Waals surface area (Å²) in [6.45, 7) is 3.63. The van der Waals surface area contributed by atoms with E-state index in [0.29, 0.717) is 23.4 Å². The Bertz CT molecular complexity index is 1400. The molecule has 0 amide bonds. The van der Waals surface area contributed by atoms with Crippen LogP contribution in [-0.4, -0.2) is 35.3 Å². The summed E-state index contributed by atoms with van der Waals surface area (Å²) in [5.74, 6) is -0.993. The standard InChI is InChI=1S/C28H30ClN3O4S/c1-20-19-31-16-14-24(20)22-8-5-9-23(18-22)26(11-3-4-15-30)32(17-7-13-28(33)34)37(35,36)27-12-6-10-25(29)21(27)2/h5-6,8-10,12,14,16,18-19,26H,3-4,7,11,13,17H2,1-2H3,(H,33,34). The Hall–Kier alpha value is -3.25. The number of hydrogen-bond acceptors (Lipinski definition) is 5. The third kappa shape index (κ3) is 6.95. The Morgan fingerprint density at radius 2 is 1.92 bits per heavy atom. The molecule has 1 heterocycles. The van der Waals surface area contributed by atoms with Crippen LogP contribution in [0.1, 0.15) is 54.8 Å². The van der Waals surface area contributed by atoms with Gasteiger partial charge in [0.05, 0.1) is 17.0 Å². The summed E-state index contributed by atoms with van der Waals surface area (Å²) in [6.07, 6.45) is 4.63. The molecule has 0 radical (unpaired) electrons. The Balaban J connectivity index is 2.14. The van der Waals surface area contributed by atoms with Crippen molar-refractivity contribution in [2.24, 2.45) is 0 Å². The van der Waals surface area contributed by atoms with Gasteiger partial charge in [-0.25, -0.2) is 8.42 Å². The lowest BCUT2D eigenvalue weighted by Crippen LogP contribution is -2.36. The zero-order chi connectivity index (χ0) is 27.0. The van der Waals surface area contributed by atoms with Crippen molar-refractivity contribution < 1.29 is 18.3 Å². The van der Waals surface area contributed by atoms with E-state index in [-0.39, 0.29) is 30.7 Å². The lowest BCUT2D eigenvalue weighted by atomic mass is 9.95. The van der Waals surface area contributed by atoms with Crippen molar-refractivity contribution in [1.82, 2.24) is 9.29 Å². The number of carbonyl (C=O) groups is 1. The Morgan fingerprint density at radius 3 is 2.62 bits per heavy atom. The van der Waals surface area contributed by atoms with Crippen molar-refractivity contribution in [3.8, 4) is 17.2 Å². The molecule has 0 aliphatic carbocycles. The maximum atomic E-state index is 14.1. The number of carboxylic acids is 1. The van der Waals surface area contributed by atoms with E-state index in [0.717, 1.165) is 22.3 Å². The summed E-state index contributed by atoms with van der Waals surface area (Å²) in [5.41, 5.74) is 4.10. The van der Waals surface area contributed by atoms with Crippen molar-refractivity contribution in [3.63, 3.8) is 0 Å². The highest BCUT2D eigenvalue weighted by atomic mass is 35.5. The van der Waals surface area contributed by atoms with Crippen LogP contribution in [0.2, 0.25) is 5.02 Å². The number of halogens is 1. The number of sulfonamides is 1. The van der Waals surface area contributed by atoms with Crippen molar-refractivity contribution in [1.29, 1.82) is 5.26 Å². The number of unbranched alkanes of at least 4 members (excludes halogenated alkanes) is 1. The minimum atomic E-state index is -4.06. The molecule has 2 aromatic carbocycles. The van der Waals surface area contributed by atoms with Gasteiger partial charge in [0.2, 0.25) is 10.0 Å². The van der Waals surface area contributed by atoms with Gasteiger partial charge in [-0.15, -0.1) is 0 Å². The van der Waals surface area contributed by atoms with Crippen LogP contribution in [0.15, 0.2) is 65.8 Å². The van der Waals surface area contributed by atoms with Crippen molar-refractivity contribution in [2.45, 2.75) is 56.9 Å². The maximum absolute atomic E-state index is 14.1. The van der Waals surface area contributed by atoms with Crippen LogP contribution in [0.3, 0.4) is 0 Å². The topological polar surface area (TPSA) is 111 Å². The Morgan fingerprint density at radius 1 is 1.16 bits per heavy atom. The van der Waals surface area contributed by atoms with E-state index in [9.17, 15) is 18.3 Å². The summed E-state index contributed by atoms with van der Waals surface area (Å²) in [4.78, 5) is 15.5. The smallest absolute Gasteiger partial charge is 0.303 e. The first kappa shape index (κ1) is 28.3. The van der Waals surface area contributed by atoms with Crippen molar-refractivity contribution in [3.05, 3.63) is 82.6 Å². The summed E-state index contributed by atoms with van der Waals surface area (Å²) in [5, 5.41) is 18.7. The highest BCUT2D eigenvalue weighted by Gasteiger charge is 2.33. The van der Waals surface area contributed by atoms with E-state index in [1.165, 1.54) is 10.4 Å². The second-order valence-electron chi connectivity index (χ2n) is 8.86. The molecule has 0 bridgehead atoms. The molecule has 0 saturated heterocycles. The molecule has 1 atom stereocenters. The summed E-state index contributed by atoms with van der Waals surface area (Å²) in [6, 6.07) is 15.9. The van der Waals surface area contributed by atoms with E-state index in [4.69, 9.17) is 16.9 Å². The minimum absolute atomic E-state index is 0.0102. The molecule has 0 spiro atoms. The highest BCUT2D eigenvalue weighted by molar-refractivity contribution is 7.89. The number of carboxylic acid groups (broad SMARTS) is 1. The summed E-state index contributed by atoms with van der Waals surface area (Å²) < 4.78 is 29.5. The molecule has 0 saturated carbocycles. The predicted octanol–water partition coefficient (Wildman–Crippen LogP) is 6.31. The molecule has 1 N–H and O–H groups in total. The van der Waals surface area contributed by atoms with Crippen LogP contribution < -0.4 is 0 Å². The van der Waals surface area contributed by atoms with Gasteiger partial charge in [0, 0.05) is 36.8 Å². The fourth-order valence-electron chi connectivity index (χ4n) is 4.39. The molecule has 1 unspecified atom stereocenters. The number of nitrogens with zero attached hydrogens (tertiary/aromatic N) is 3.